The number of rotatable bonds is 7. The fraction of sp³-hybridized carbons (Fsp3) is 0.125. The van der Waals surface area contributed by atoms with Crippen LogP contribution < -0.4 is 9.75 Å². The minimum Gasteiger partial charge on any atom is -0.497 e. The van der Waals surface area contributed by atoms with Crippen LogP contribution in [0.2, 0.25) is 0 Å². The Hall–Kier alpha value is -4.44. The third-order valence-corrected chi connectivity index (χ3v) is 6.49. The number of hydrazone groups is 1. The smallest absolute Gasteiger partial charge is 0.170 e. The van der Waals surface area contributed by atoms with Gasteiger partial charge >= 0.3 is 0 Å². The summed E-state index contributed by atoms with van der Waals surface area (Å²) in [6.45, 7) is 1.90. The first kappa shape index (κ1) is 23.3. The van der Waals surface area contributed by atoms with E-state index in [9.17, 15) is 4.79 Å². The van der Waals surface area contributed by atoms with Crippen LogP contribution in [0.25, 0.3) is 6.08 Å². The third kappa shape index (κ3) is 4.71. The van der Waals surface area contributed by atoms with Gasteiger partial charge in [0.05, 0.1) is 30.5 Å². The number of para-hydroxylation sites is 1. The molecule has 5 rings (SSSR count). The van der Waals surface area contributed by atoms with Crippen molar-refractivity contribution in [3.63, 3.8) is 0 Å². The monoisotopic (exact) mass is 472 g/mol. The zero-order valence-corrected chi connectivity index (χ0v) is 20.4. The van der Waals surface area contributed by atoms with E-state index in [0.29, 0.717) is 5.57 Å². The highest BCUT2D eigenvalue weighted by Gasteiger charge is 2.44. The first-order chi connectivity index (χ1) is 17.7. The fourth-order valence-electron chi connectivity index (χ4n) is 4.70. The van der Waals surface area contributed by atoms with Crippen LogP contribution in [-0.4, -0.2) is 18.6 Å². The SMILES string of the molecule is COc1ccc(C2=NN(c3ccccc3)C(c3ccccc3)C2C(=O)/C(C)=C/c2ccccc2)cc1. The van der Waals surface area contributed by atoms with E-state index in [1.807, 2.05) is 121 Å². The first-order valence-electron chi connectivity index (χ1n) is 12.1. The zero-order chi connectivity index (χ0) is 24.9. The minimum absolute atomic E-state index is 0.0562. The molecule has 4 aromatic carbocycles. The molecule has 0 aliphatic carbocycles. The van der Waals surface area contributed by atoms with E-state index in [1.165, 1.54) is 0 Å². The van der Waals surface area contributed by atoms with Gasteiger partial charge in [0.2, 0.25) is 0 Å². The Kier molecular flexibility index (Phi) is 6.76. The number of ether oxygens (including phenoxy) is 1. The van der Waals surface area contributed by atoms with E-state index in [0.717, 1.165) is 33.8 Å². The maximum absolute atomic E-state index is 14.2. The van der Waals surface area contributed by atoms with E-state index in [1.54, 1.807) is 7.11 Å². The molecule has 1 aliphatic rings. The second-order valence-electron chi connectivity index (χ2n) is 8.83. The molecule has 4 aromatic rings. The van der Waals surface area contributed by atoms with Crippen LogP contribution in [0.3, 0.4) is 0 Å². The number of hydrogen-bond donors (Lipinski definition) is 0. The molecule has 4 nitrogen and oxygen atoms in total. The summed E-state index contributed by atoms with van der Waals surface area (Å²) in [5, 5.41) is 7.09. The van der Waals surface area contributed by atoms with Crippen LogP contribution >= 0.6 is 0 Å². The number of carbonyl (C=O) groups is 1. The molecule has 1 heterocycles. The van der Waals surface area contributed by atoms with Gasteiger partial charge in [0.25, 0.3) is 0 Å². The van der Waals surface area contributed by atoms with Crippen LogP contribution in [0.5, 0.6) is 5.75 Å². The highest BCUT2D eigenvalue weighted by atomic mass is 16.5. The molecule has 2 atom stereocenters. The number of Topliss-reactive ketones (excluding diaryl/α,β-unsaturated/α-hetero) is 1. The van der Waals surface area contributed by atoms with Crippen molar-refractivity contribution in [3.05, 3.63) is 138 Å². The highest BCUT2D eigenvalue weighted by Crippen LogP contribution is 2.42. The van der Waals surface area contributed by atoms with Gasteiger partial charge in [-0.2, -0.15) is 5.10 Å². The van der Waals surface area contributed by atoms with Crippen molar-refractivity contribution >= 4 is 23.3 Å². The zero-order valence-electron chi connectivity index (χ0n) is 20.4. The van der Waals surface area contributed by atoms with Gasteiger partial charge in [-0.25, -0.2) is 0 Å². The average molecular weight is 473 g/mol. The molecule has 0 N–H and O–H groups in total. The molecule has 0 saturated carbocycles. The standard InChI is InChI=1S/C32H28N2O2/c1-23(22-24-12-6-3-7-13-24)32(35)29-30(25-18-20-28(36-2)21-19-25)33-34(27-16-10-5-11-17-27)31(29)26-14-8-4-9-15-26/h3-22,29,31H,1-2H3/b23-22+. The Balaban J connectivity index is 1.65. The van der Waals surface area contributed by atoms with Crippen LogP contribution in [0.4, 0.5) is 5.69 Å². The summed E-state index contributed by atoms with van der Waals surface area (Å²) >= 11 is 0. The average Bonchev–Trinajstić information content (AvgIpc) is 3.35. The molecule has 0 amide bonds. The lowest BCUT2D eigenvalue weighted by atomic mass is 9.81. The van der Waals surface area contributed by atoms with E-state index in [4.69, 9.17) is 9.84 Å². The van der Waals surface area contributed by atoms with E-state index >= 15 is 0 Å². The maximum atomic E-state index is 14.2. The van der Waals surface area contributed by atoms with Gasteiger partial charge in [0, 0.05) is 0 Å². The summed E-state index contributed by atoms with van der Waals surface area (Å²) in [7, 11) is 1.65. The number of ketones is 1. The fourth-order valence-corrected chi connectivity index (χ4v) is 4.70. The lowest BCUT2D eigenvalue weighted by Crippen LogP contribution is -2.32. The Morgan fingerprint density at radius 3 is 2.00 bits per heavy atom. The molecular formula is C32H28N2O2. The van der Waals surface area contributed by atoms with E-state index in [2.05, 4.69) is 12.1 Å². The number of allylic oxidation sites excluding steroid dienone is 1. The molecule has 0 spiro atoms. The van der Waals surface area contributed by atoms with Crippen LogP contribution in [0, 0.1) is 5.92 Å². The number of carbonyl (C=O) groups excluding carboxylic acids is 1. The van der Waals surface area contributed by atoms with Crippen molar-refractivity contribution in [1.29, 1.82) is 0 Å². The van der Waals surface area contributed by atoms with Gasteiger partial charge in [0.1, 0.15) is 5.75 Å². The van der Waals surface area contributed by atoms with E-state index < -0.39 is 5.92 Å². The predicted octanol–water partition coefficient (Wildman–Crippen LogP) is 6.95. The van der Waals surface area contributed by atoms with Crippen molar-refractivity contribution in [2.45, 2.75) is 13.0 Å². The van der Waals surface area contributed by atoms with Crippen molar-refractivity contribution < 1.29 is 9.53 Å². The molecule has 0 bridgehead atoms. The molecule has 178 valence electrons. The molecule has 4 heteroatoms. The lowest BCUT2D eigenvalue weighted by molar-refractivity contribution is -0.117. The van der Waals surface area contributed by atoms with Gasteiger partial charge in [-0.1, -0.05) is 78.9 Å². The third-order valence-electron chi connectivity index (χ3n) is 6.49. The summed E-state index contributed by atoms with van der Waals surface area (Å²) < 4.78 is 5.37. The van der Waals surface area contributed by atoms with Crippen molar-refractivity contribution in [2.75, 3.05) is 12.1 Å². The molecule has 2 unspecified atom stereocenters. The molecule has 1 aliphatic heterocycles. The second kappa shape index (κ2) is 10.4. The van der Waals surface area contributed by atoms with Gasteiger partial charge in [0.15, 0.2) is 5.78 Å². The summed E-state index contributed by atoms with van der Waals surface area (Å²) in [4.78, 5) is 14.2. The maximum Gasteiger partial charge on any atom is 0.170 e. The van der Waals surface area contributed by atoms with Crippen LogP contribution in [0.1, 0.15) is 29.7 Å². The number of methoxy groups -OCH3 is 1. The Morgan fingerprint density at radius 1 is 0.806 bits per heavy atom. The van der Waals surface area contributed by atoms with Gasteiger partial charge in [-0.05, 0) is 71.7 Å². The van der Waals surface area contributed by atoms with Crippen LogP contribution in [-0.2, 0) is 4.79 Å². The minimum atomic E-state index is -0.485. The molecular weight excluding hydrogens is 444 g/mol. The van der Waals surface area contributed by atoms with Crippen LogP contribution in [0.15, 0.2) is 126 Å². The second-order valence-corrected chi connectivity index (χ2v) is 8.83. The molecule has 0 saturated heterocycles. The number of benzene rings is 4. The van der Waals surface area contributed by atoms with Gasteiger partial charge in [-0.15, -0.1) is 0 Å². The molecule has 0 aromatic heterocycles. The Bertz CT molecular complexity index is 1380. The quantitative estimate of drug-likeness (QED) is 0.273. The summed E-state index contributed by atoms with van der Waals surface area (Å²) in [6.07, 6.45) is 1.96. The summed E-state index contributed by atoms with van der Waals surface area (Å²) in [5.41, 5.74) is 5.34. The van der Waals surface area contributed by atoms with Crippen molar-refractivity contribution in [2.24, 2.45) is 11.0 Å². The van der Waals surface area contributed by atoms with Crippen molar-refractivity contribution in [3.8, 4) is 5.75 Å². The normalized spacial score (nSPS) is 17.6. The van der Waals surface area contributed by atoms with Crippen molar-refractivity contribution in [1.82, 2.24) is 0 Å². The number of hydrogen-bond acceptors (Lipinski definition) is 4. The largest absolute Gasteiger partial charge is 0.497 e. The number of anilines is 1. The predicted molar refractivity (Wildman–Crippen MR) is 146 cm³/mol. The Labute approximate surface area is 212 Å². The molecule has 0 radical (unpaired) electrons. The summed E-state index contributed by atoms with van der Waals surface area (Å²) in [6, 6.07) is 37.7. The van der Waals surface area contributed by atoms with E-state index in [-0.39, 0.29) is 11.8 Å². The number of nitrogens with zero attached hydrogens (tertiary/aromatic N) is 2. The molecule has 36 heavy (non-hydrogen) atoms. The first-order valence-corrected chi connectivity index (χ1v) is 12.1. The van der Waals surface area contributed by atoms with Gasteiger partial charge < -0.3 is 4.74 Å². The van der Waals surface area contributed by atoms with Gasteiger partial charge in [-0.3, -0.25) is 9.80 Å². The molecule has 0 fully saturated rings. The summed E-state index contributed by atoms with van der Waals surface area (Å²) in [5.74, 6) is 0.335. The Morgan fingerprint density at radius 2 is 1.39 bits per heavy atom. The lowest BCUT2D eigenvalue weighted by Gasteiger charge is -2.28. The topological polar surface area (TPSA) is 41.9 Å². The highest BCUT2D eigenvalue weighted by molar-refractivity contribution is 6.21.